The van der Waals surface area contributed by atoms with Gasteiger partial charge >= 0.3 is 51.4 Å². The first kappa shape index (κ1) is 21.0. The zero-order valence-electron chi connectivity index (χ0n) is 12.2. The van der Waals surface area contributed by atoms with Gasteiger partial charge in [-0.25, -0.2) is 8.42 Å². The monoisotopic (exact) mass is 394 g/mol. The molecule has 0 aliphatic heterocycles. The van der Waals surface area contributed by atoms with E-state index in [9.17, 15) is 28.4 Å². The van der Waals surface area contributed by atoms with Crippen LogP contribution in [0.2, 0.25) is 5.02 Å². The number of anilines is 1. The molecule has 0 saturated carbocycles. The summed E-state index contributed by atoms with van der Waals surface area (Å²) in [7, 11) is -4.10. The number of nitro groups is 1. The third-order valence-corrected chi connectivity index (χ3v) is 4.50. The molecule has 11 heteroatoms. The molecule has 0 amide bonds. The van der Waals surface area contributed by atoms with Gasteiger partial charge < -0.3 is 9.90 Å². The van der Waals surface area contributed by atoms with Crippen molar-refractivity contribution in [2.75, 3.05) is 4.72 Å². The van der Waals surface area contributed by atoms with Crippen molar-refractivity contribution >= 4 is 39.0 Å². The first-order valence-corrected chi connectivity index (χ1v) is 7.85. The third-order valence-electron chi connectivity index (χ3n) is 2.80. The second kappa shape index (κ2) is 8.38. The fraction of sp³-hybridized carbons (Fsp3) is 0. The smallest absolute Gasteiger partial charge is 0.545 e. The van der Waals surface area contributed by atoms with E-state index in [-0.39, 0.29) is 72.6 Å². The van der Waals surface area contributed by atoms with Gasteiger partial charge in [0.2, 0.25) is 0 Å². The van der Waals surface area contributed by atoms with Gasteiger partial charge in [0.15, 0.2) is 0 Å². The Morgan fingerprint density at radius 3 is 2.21 bits per heavy atom. The van der Waals surface area contributed by atoms with Crippen molar-refractivity contribution in [3.05, 3.63) is 63.2 Å². The van der Waals surface area contributed by atoms with Crippen LogP contribution in [-0.2, 0) is 10.0 Å². The number of carbonyl (C=O) groups is 1. The molecule has 0 unspecified atom stereocenters. The Balaban J connectivity index is 0.00000288. The molecule has 0 fully saturated rings. The normalized spacial score (nSPS) is 10.5. The second-order valence-corrected chi connectivity index (χ2v) is 6.43. The second-order valence-electron chi connectivity index (χ2n) is 4.34. The van der Waals surface area contributed by atoms with E-state index in [1.807, 2.05) is 0 Å². The largest absolute Gasteiger partial charge is 1.00 e. The molecule has 0 aromatic heterocycles. The van der Waals surface area contributed by atoms with Crippen LogP contribution in [0.15, 0.2) is 47.4 Å². The van der Waals surface area contributed by atoms with Crippen LogP contribution >= 0.6 is 11.6 Å². The van der Waals surface area contributed by atoms with Gasteiger partial charge in [-0.1, -0.05) is 23.7 Å². The quantitative estimate of drug-likeness (QED) is 0.370. The maximum absolute atomic E-state index is 12.2. The van der Waals surface area contributed by atoms with Gasteiger partial charge in [-0.2, -0.15) is 0 Å². The minimum absolute atomic E-state index is 0. The predicted octanol–water partition coefficient (Wildman–Crippen LogP) is -1.58. The number of aromatic carboxylic acids is 1. The zero-order valence-corrected chi connectivity index (χ0v) is 16.9. The summed E-state index contributed by atoms with van der Waals surface area (Å²) in [5, 5.41) is 21.2. The van der Waals surface area contributed by atoms with E-state index in [1.54, 1.807) is 0 Å². The van der Waals surface area contributed by atoms with E-state index >= 15 is 0 Å². The van der Waals surface area contributed by atoms with Crippen LogP contribution in [0.3, 0.4) is 0 Å². The summed E-state index contributed by atoms with van der Waals surface area (Å²) in [4.78, 5) is 20.3. The van der Waals surface area contributed by atoms with Crippen molar-refractivity contribution in [2.45, 2.75) is 4.90 Å². The molecule has 2 aromatic rings. The van der Waals surface area contributed by atoms with E-state index in [0.717, 1.165) is 30.3 Å². The first-order valence-electron chi connectivity index (χ1n) is 5.99. The van der Waals surface area contributed by atoms with E-state index in [2.05, 4.69) is 4.72 Å². The topological polar surface area (TPSA) is 129 Å². The summed E-state index contributed by atoms with van der Waals surface area (Å²) in [5.41, 5.74) is -0.565. The number of carboxylic acid groups (broad SMARTS) is 1. The van der Waals surface area contributed by atoms with Crippen LogP contribution < -0.4 is 61.2 Å². The Hall–Kier alpha value is -1.01. The van der Waals surface area contributed by atoms with Gasteiger partial charge in [-0.3, -0.25) is 14.8 Å². The Morgan fingerprint density at radius 1 is 1.12 bits per heavy atom. The van der Waals surface area contributed by atoms with Gasteiger partial charge in [0.1, 0.15) is 5.02 Å². The summed E-state index contributed by atoms with van der Waals surface area (Å²) in [6.45, 7) is 0. The van der Waals surface area contributed by atoms with Crippen LogP contribution in [-0.4, -0.2) is 19.3 Å². The maximum Gasteiger partial charge on any atom is 1.00 e. The molecule has 0 aliphatic carbocycles. The molecule has 8 nitrogen and oxygen atoms in total. The molecule has 0 bridgehead atoms. The number of hydrogen-bond donors (Lipinski definition) is 1. The number of carbonyl (C=O) groups excluding carboxylic acids is 1. The number of nitro benzene ring substituents is 1. The summed E-state index contributed by atoms with van der Waals surface area (Å²) < 4.78 is 26.6. The van der Waals surface area contributed by atoms with Crippen LogP contribution in [0, 0.1) is 10.1 Å². The standard InChI is InChI=1S/C13H9ClN2O6S.K/c14-11-6-5-10(7-12(11)16(19)20)23(21,22)15-9-3-1-8(2-4-9)13(17)18;/h1-7,15H,(H,17,18);/q;+1/p-1. The number of nitrogens with zero attached hydrogens (tertiary/aromatic N) is 1. The fourth-order valence-corrected chi connectivity index (χ4v) is 2.95. The SMILES string of the molecule is O=C([O-])c1ccc(NS(=O)(=O)c2ccc(Cl)c([N+](=O)[O-])c2)cc1.[K+]. The average Bonchev–Trinajstić information content (AvgIpc) is 2.47. The molecule has 0 aliphatic rings. The summed E-state index contributed by atoms with van der Waals surface area (Å²) in [6.07, 6.45) is 0. The minimum atomic E-state index is -4.10. The number of sulfonamides is 1. The Morgan fingerprint density at radius 2 is 1.71 bits per heavy atom. The molecule has 0 saturated heterocycles. The number of rotatable bonds is 5. The molecule has 120 valence electrons. The molecule has 0 radical (unpaired) electrons. The maximum atomic E-state index is 12.2. The minimum Gasteiger partial charge on any atom is -0.545 e. The number of benzene rings is 2. The molecular weight excluding hydrogens is 387 g/mol. The molecule has 0 atom stereocenters. The molecule has 0 heterocycles. The predicted molar refractivity (Wildman–Crippen MR) is 79.7 cm³/mol. The molecular formula is C13H8ClKN2O6S. The van der Waals surface area contributed by atoms with Gasteiger partial charge in [0.05, 0.1) is 15.8 Å². The number of hydrogen-bond acceptors (Lipinski definition) is 6. The molecule has 24 heavy (non-hydrogen) atoms. The Labute approximate surface area is 184 Å². The number of halogens is 1. The molecule has 1 N–H and O–H groups in total. The fourth-order valence-electron chi connectivity index (χ4n) is 1.69. The summed E-state index contributed by atoms with van der Waals surface area (Å²) in [6, 6.07) is 7.84. The van der Waals surface area contributed by atoms with Crippen molar-refractivity contribution in [1.82, 2.24) is 0 Å². The first-order chi connectivity index (χ1) is 10.7. The van der Waals surface area contributed by atoms with E-state index in [4.69, 9.17) is 11.6 Å². The van der Waals surface area contributed by atoms with Gasteiger partial charge in [0, 0.05) is 11.8 Å². The summed E-state index contributed by atoms with van der Waals surface area (Å²) >= 11 is 5.63. The average molecular weight is 395 g/mol. The van der Waals surface area contributed by atoms with Gasteiger partial charge in [-0.15, -0.1) is 0 Å². The number of nitrogens with one attached hydrogen (secondary N) is 1. The zero-order chi connectivity index (χ0) is 17.2. The van der Waals surface area contributed by atoms with Crippen LogP contribution in [0.5, 0.6) is 0 Å². The Bertz CT molecular complexity index is 886. The van der Waals surface area contributed by atoms with Crippen LogP contribution in [0.1, 0.15) is 10.4 Å². The van der Waals surface area contributed by atoms with Crippen molar-refractivity contribution < 1.29 is 74.6 Å². The molecule has 2 rings (SSSR count). The van der Waals surface area contributed by atoms with E-state index in [0.29, 0.717) is 0 Å². The molecule has 0 spiro atoms. The molecule has 2 aromatic carbocycles. The van der Waals surface area contributed by atoms with E-state index in [1.165, 1.54) is 12.1 Å². The van der Waals surface area contributed by atoms with Crippen molar-refractivity contribution in [1.29, 1.82) is 0 Å². The number of carboxylic acids is 1. The van der Waals surface area contributed by atoms with Crippen LogP contribution in [0.25, 0.3) is 0 Å². The van der Waals surface area contributed by atoms with Gasteiger partial charge in [-0.05, 0) is 29.8 Å². The van der Waals surface area contributed by atoms with E-state index < -0.39 is 26.6 Å². The summed E-state index contributed by atoms with van der Waals surface area (Å²) in [5.74, 6) is -1.40. The van der Waals surface area contributed by atoms with Crippen molar-refractivity contribution in [3.8, 4) is 0 Å². The van der Waals surface area contributed by atoms with Crippen molar-refractivity contribution in [3.63, 3.8) is 0 Å². The van der Waals surface area contributed by atoms with Crippen LogP contribution in [0.4, 0.5) is 11.4 Å². The Kier molecular flexibility index (Phi) is 7.35. The third kappa shape index (κ3) is 4.99. The van der Waals surface area contributed by atoms with Crippen molar-refractivity contribution in [2.24, 2.45) is 0 Å². The van der Waals surface area contributed by atoms with Gasteiger partial charge in [0.25, 0.3) is 15.7 Å².